The lowest BCUT2D eigenvalue weighted by atomic mass is 9.91. The number of carbonyl (C=O) groups excluding carboxylic acids is 1. The van der Waals surface area contributed by atoms with Crippen LogP contribution in [0.5, 0.6) is 0 Å². The van der Waals surface area contributed by atoms with Gasteiger partial charge in [-0.3, -0.25) is 0 Å². The minimum absolute atomic E-state index is 0. The Kier molecular flexibility index (Phi) is 6.08. The van der Waals surface area contributed by atoms with Crippen LogP contribution < -0.4 is 5.32 Å². The van der Waals surface area contributed by atoms with E-state index in [1.165, 1.54) is 0 Å². The Morgan fingerprint density at radius 3 is 2.50 bits per heavy atom. The van der Waals surface area contributed by atoms with Crippen LogP contribution in [0.25, 0.3) is 0 Å². The van der Waals surface area contributed by atoms with E-state index in [9.17, 15) is 4.79 Å². The van der Waals surface area contributed by atoms with Crippen LogP contribution in [0.15, 0.2) is 46.9 Å². The minimum Gasteiger partial charge on any atom is -0.453 e. The largest absolute Gasteiger partial charge is 0.453 e. The molecule has 1 heterocycles. The summed E-state index contributed by atoms with van der Waals surface area (Å²) in [5, 5.41) is 4.19. The molecule has 0 amide bonds. The van der Waals surface area contributed by atoms with E-state index in [0.717, 1.165) is 10.0 Å². The smallest absolute Gasteiger partial charge is 0.329 e. The molecule has 2 unspecified atom stereocenters. The third-order valence-electron chi connectivity index (χ3n) is 3.84. The first kappa shape index (κ1) is 19.4. The summed E-state index contributed by atoms with van der Waals surface area (Å²) >= 11 is 15.4. The van der Waals surface area contributed by atoms with E-state index in [1.54, 1.807) is 18.2 Å². The van der Waals surface area contributed by atoms with Gasteiger partial charge in [0.15, 0.2) is 0 Å². The zero-order valence-corrected chi connectivity index (χ0v) is 16.6. The molecule has 0 saturated carbocycles. The third-order valence-corrected chi connectivity index (χ3v) is 4.77. The Hall–Kier alpha value is -0.940. The van der Waals surface area contributed by atoms with Crippen LogP contribution in [0.3, 0.4) is 0 Å². The molecule has 1 fully saturated rings. The van der Waals surface area contributed by atoms with E-state index in [0.29, 0.717) is 22.2 Å². The first-order valence-electron chi connectivity index (χ1n) is 7.07. The van der Waals surface area contributed by atoms with E-state index in [2.05, 4.69) is 21.2 Å². The number of halogens is 4. The van der Waals surface area contributed by atoms with Crippen LogP contribution in [0.4, 0.5) is 5.69 Å². The summed E-state index contributed by atoms with van der Waals surface area (Å²) in [7, 11) is 0. The fourth-order valence-corrected chi connectivity index (χ4v) is 3.68. The zero-order valence-electron chi connectivity index (χ0n) is 12.7. The van der Waals surface area contributed by atoms with E-state index in [-0.39, 0.29) is 18.4 Å². The van der Waals surface area contributed by atoms with Gasteiger partial charge in [0.2, 0.25) is 0 Å². The summed E-state index contributed by atoms with van der Waals surface area (Å²) in [6.07, 6.45) is 0.520. The molecule has 0 aromatic heterocycles. The molecule has 0 radical (unpaired) electrons. The fraction of sp³-hybridized carbons (Fsp3) is 0.235. The van der Waals surface area contributed by atoms with Gasteiger partial charge in [0.1, 0.15) is 11.6 Å². The van der Waals surface area contributed by atoms with Gasteiger partial charge >= 0.3 is 5.97 Å². The molecule has 0 bridgehead atoms. The van der Waals surface area contributed by atoms with Crippen LogP contribution >= 0.6 is 51.5 Å². The molecule has 7 heteroatoms. The van der Waals surface area contributed by atoms with Gasteiger partial charge in [-0.1, -0.05) is 51.3 Å². The van der Waals surface area contributed by atoms with Crippen LogP contribution in [0, 0.1) is 0 Å². The monoisotopic (exact) mass is 449 g/mol. The summed E-state index contributed by atoms with van der Waals surface area (Å²) in [6, 6.07) is 12.4. The molecule has 1 aliphatic heterocycles. The molecule has 2 aromatic carbocycles. The number of esters is 1. The summed E-state index contributed by atoms with van der Waals surface area (Å²) in [5.41, 5.74) is 0.984. The Morgan fingerprint density at radius 1 is 1.21 bits per heavy atom. The number of nitrogens with one attached hydrogen (secondary N) is 1. The van der Waals surface area contributed by atoms with Gasteiger partial charge in [0.05, 0.1) is 0 Å². The Balaban J connectivity index is 0.00000208. The number of rotatable bonds is 3. The lowest BCUT2D eigenvalue weighted by Crippen LogP contribution is -2.25. The van der Waals surface area contributed by atoms with Crippen molar-refractivity contribution in [2.75, 3.05) is 5.32 Å². The maximum atomic E-state index is 12.3. The van der Waals surface area contributed by atoms with Gasteiger partial charge < -0.3 is 10.1 Å². The average molecular weight is 452 g/mol. The maximum absolute atomic E-state index is 12.3. The summed E-state index contributed by atoms with van der Waals surface area (Å²) in [5.74, 6) is -0.288. The van der Waals surface area contributed by atoms with Gasteiger partial charge in [0, 0.05) is 26.6 Å². The molecule has 2 atom stereocenters. The SMILES string of the molecule is CC1(c2cccc(Br)c2)CC(Nc2cc(Cl)cc(Cl)c2)C(=O)O1.Cl. The highest BCUT2D eigenvalue weighted by molar-refractivity contribution is 9.10. The van der Waals surface area contributed by atoms with E-state index >= 15 is 0 Å². The zero-order chi connectivity index (χ0) is 16.6. The Morgan fingerprint density at radius 2 is 1.88 bits per heavy atom. The predicted molar refractivity (Wildman–Crippen MR) is 103 cm³/mol. The summed E-state index contributed by atoms with van der Waals surface area (Å²) < 4.78 is 6.60. The second kappa shape index (κ2) is 7.52. The number of anilines is 1. The van der Waals surface area contributed by atoms with Crippen LogP contribution in [-0.2, 0) is 15.1 Å². The molecule has 0 spiro atoms. The quantitative estimate of drug-likeness (QED) is 0.598. The molecule has 2 aromatic rings. The number of cyclic esters (lactones) is 1. The fourth-order valence-electron chi connectivity index (χ4n) is 2.75. The first-order valence-corrected chi connectivity index (χ1v) is 8.62. The van der Waals surface area contributed by atoms with E-state index in [4.69, 9.17) is 27.9 Å². The average Bonchev–Trinajstić information content (AvgIpc) is 2.73. The first-order chi connectivity index (χ1) is 10.9. The predicted octanol–water partition coefficient (Wildman–Crippen LogP) is 5.82. The van der Waals surface area contributed by atoms with Crippen molar-refractivity contribution in [1.29, 1.82) is 0 Å². The van der Waals surface area contributed by atoms with Gasteiger partial charge in [-0.15, -0.1) is 12.4 Å². The highest BCUT2D eigenvalue weighted by Gasteiger charge is 2.44. The molecule has 1 saturated heterocycles. The second-order valence-electron chi connectivity index (χ2n) is 5.72. The van der Waals surface area contributed by atoms with E-state index < -0.39 is 11.6 Å². The molecule has 3 rings (SSSR count). The maximum Gasteiger partial charge on any atom is 0.329 e. The van der Waals surface area contributed by atoms with Crippen molar-refractivity contribution < 1.29 is 9.53 Å². The summed E-state index contributed by atoms with van der Waals surface area (Å²) in [6.45, 7) is 1.92. The van der Waals surface area contributed by atoms with Crippen molar-refractivity contribution in [3.8, 4) is 0 Å². The Labute approximate surface area is 165 Å². The Bertz CT molecular complexity index is 751. The number of hydrogen-bond donors (Lipinski definition) is 1. The normalized spacial score (nSPS) is 22.7. The van der Waals surface area contributed by atoms with Crippen molar-refractivity contribution in [3.63, 3.8) is 0 Å². The standard InChI is InChI=1S/C17H14BrCl2NO2.ClH/c1-17(10-3-2-4-11(18)5-10)9-15(16(22)23-17)21-14-7-12(19)6-13(20)8-14;/h2-8,15,21H,9H2,1H3;1H. The van der Waals surface area contributed by atoms with Crippen molar-refractivity contribution in [3.05, 3.63) is 62.5 Å². The van der Waals surface area contributed by atoms with E-state index in [1.807, 2.05) is 31.2 Å². The van der Waals surface area contributed by atoms with Crippen molar-refractivity contribution in [2.24, 2.45) is 0 Å². The van der Waals surface area contributed by atoms with Crippen molar-refractivity contribution in [2.45, 2.75) is 25.0 Å². The van der Waals surface area contributed by atoms with Crippen LogP contribution in [0.2, 0.25) is 10.0 Å². The highest BCUT2D eigenvalue weighted by Crippen LogP contribution is 2.38. The molecular formula is C17H15BrCl3NO2. The number of ether oxygens (including phenoxy) is 1. The second-order valence-corrected chi connectivity index (χ2v) is 7.51. The van der Waals surface area contributed by atoms with Crippen molar-refractivity contribution in [1.82, 2.24) is 0 Å². The molecule has 1 aliphatic rings. The number of hydrogen-bond acceptors (Lipinski definition) is 3. The molecule has 3 nitrogen and oxygen atoms in total. The third kappa shape index (κ3) is 4.17. The topological polar surface area (TPSA) is 38.3 Å². The molecule has 24 heavy (non-hydrogen) atoms. The minimum atomic E-state index is -0.666. The van der Waals surface area contributed by atoms with Gasteiger partial charge in [-0.25, -0.2) is 4.79 Å². The number of carbonyl (C=O) groups is 1. The number of benzene rings is 2. The van der Waals surface area contributed by atoms with Crippen LogP contribution in [-0.4, -0.2) is 12.0 Å². The van der Waals surface area contributed by atoms with Crippen LogP contribution in [0.1, 0.15) is 18.9 Å². The van der Waals surface area contributed by atoms with Gasteiger partial charge in [0.25, 0.3) is 0 Å². The molecule has 1 N–H and O–H groups in total. The summed E-state index contributed by atoms with van der Waals surface area (Å²) in [4.78, 5) is 12.3. The van der Waals surface area contributed by atoms with Gasteiger partial charge in [-0.2, -0.15) is 0 Å². The van der Waals surface area contributed by atoms with Gasteiger partial charge in [-0.05, 0) is 42.8 Å². The highest BCUT2D eigenvalue weighted by atomic mass is 79.9. The molecule has 128 valence electrons. The lowest BCUT2D eigenvalue weighted by Gasteiger charge is -2.23. The van der Waals surface area contributed by atoms with Crippen molar-refractivity contribution >= 4 is 63.2 Å². The lowest BCUT2D eigenvalue weighted by molar-refractivity contribution is -0.148. The molecule has 0 aliphatic carbocycles. The molecular weight excluding hydrogens is 436 g/mol.